The van der Waals surface area contributed by atoms with Crippen molar-refractivity contribution in [2.24, 2.45) is 0 Å². The number of benzene rings is 4. The minimum Gasteiger partial charge on any atom is -0.488 e. The van der Waals surface area contributed by atoms with Crippen LogP contribution in [-0.4, -0.2) is 92.4 Å². The highest BCUT2D eigenvalue weighted by atomic mass is 35.5. The van der Waals surface area contributed by atoms with Crippen LogP contribution in [0.3, 0.4) is 0 Å². The van der Waals surface area contributed by atoms with Crippen molar-refractivity contribution in [3.63, 3.8) is 0 Å². The van der Waals surface area contributed by atoms with Crippen LogP contribution in [0, 0.1) is 0 Å². The zero-order chi connectivity index (χ0) is 50.2. The Morgan fingerprint density at radius 2 is 0.879 bits per heavy atom. The van der Waals surface area contributed by atoms with Gasteiger partial charge in [-0.15, -0.1) is 0 Å². The van der Waals surface area contributed by atoms with E-state index in [2.05, 4.69) is 10.6 Å². The summed E-state index contributed by atoms with van der Waals surface area (Å²) in [6.07, 6.45) is -15.8. The second-order valence-corrected chi connectivity index (χ2v) is 15.3. The van der Waals surface area contributed by atoms with Gasteiger partial charge in [0.15, 0.2) is 0 Å². The number of rotatable bonds is 19. The maximum atomic E-state index is 14.0. The van der Waals surface area contributed by atoms with Crippen LogP contribution in [-0.2, 0) is 35.9 Å². The number of aliphatic carboxylic acids is 2. The molecule has 0 aliphatic rings. The number of alkyl halides is 10. The van der Waals surface area contributed by atoms with Crippen LogP contribution in [0.5, 0.6) is 11.5 Å². The van der Waals surface area contributed by atoms with Crippen molar-refractivity contribution in [2.75, 3.05) is 26.4 Å². The smallest absolute Gasteiger partial charge is 0.488 e. The van der Waals surface area contributed by atoms with Gasteiger partial charge in [0, 0.05) is 35.3 Å². The monoisotopic (exact) mass is 996 g/mol. The maximum Gasteiger partial charge on any atom is 0.490 e. The van der Waals surface area contributed by atoms with Gasteiger partial charge >= 0.3 is 24.3 Å². The predicted molar refractivity (Wildman–Crippen MR) is 220 cm³/mol. The summed E-state index contributed by atoms with van der Waals surface area (Å²) < 4.78 is 131. The molecule has 0 amide bonds. The molecule has 12 nitrogen and oxygen atoms in total. The molecule has 0 atom stereocenters. The number of halogens is 12. The first kappa shape index (κ1) is 57.2. The van der Waals surface area contributed by atoms with Gasteiger partial charge in [-0.1, -0.05) is 71.7 Å². The number of ether oxygens (including phenoxy) is 2. The fourth-order valence-corrected chi connectivity index (χ4v) is 5.65. The van der Waals surface area contributed by atoms with Crippen LogP contribution in [0.15, 0.2) is 72.8 Å². The van der Waals surface area contributed by atoms with Gasteiger partial charge in [-0.25, -0.2) is 27.2 Å². The standard InChI is InChI=1S/C38H42Cl2F4N2O6.2C2HF3O2/c1-37(19-47,20-48)45-15-23-9-11-31(29(13-23)35(41)42)51-17-25-5-3-7-27(33(25)39)28-8-4-6-26(34(28)40)18-52-32-12-10-24(14-30(32)36(43)44)16-46-38(2,21-49)22-50;2*3-2(4,5)1(6)7/h3-14,35-36,45-50H,15-22H2,1-2H3;2*(H,6,7). The molecule has 366 valence electrons. The molecule has 24 heteroatoms. The molecular formula is C42H44Cl2F10N2O10. The Bertz CT molecular complexity index is 2060. The lowest BCUT2D eigenvalue weighted by atomic mass is 10.0. The van der Waals surface area contributed by atoms with E-state index in [4.69, 9.17) is 52.5 Å². The van der Waals surface area contributed by atoms with Crippen molar-refractivity contribution >= 4 is 35.1 Å². The average molecular weight is 998 g/mol. The van der Waals surface area contributed by atoms with E-state index in [-0.39, 0.29) is 85.4 Å². The van der Waals surface area contributed by atoms with Gasteiger partial charge in [-0.3, -0.25) is 0 Å². The molecule has 0 fully saturated rings. The number of hydrogen-bond acceptors (Lipinski definition) is 10. The minimum atomic E-state index is -5.08. The number of aliphatic hydroxyl groups is 4. The van der Waals surface area contributed by atoms with Crippen molar-refractivity contribution in [2.45, 2.75) is 76.4 Å². The molecular weight excluding hydrogens is 953 g/mol. The van der Waals surface area contributed by atoms with E-state index in [1.807, 2.05) is 0 Å². The topological polar surface area (TPSA) is 198 Å². The van der Waals surface area contributed by atoms with Gasteiger partial charge in [0.25, 0.3) is 12.9 Å². The van der Waals surface area contributed by atoms with Crippen LogP contribution in [0.4, 0.5) is 43.9 Å². The van der Waals surface area contributed by atoms with E-state index in [0.29, 0.717) is 33.4 Å². The summed E-state index contributed by atoms with van der Waals surface area (Å²) in [5.41, 5.74) is 0.462. The Hall–Kier alpha value is -4.94. The van der Waals surface area contributed by atoms with Gasteiger partial charge < -0.3 is 50.7 Å². The Labute approximate surface area is 380 Å². The van der Waals surface area contributed by atoms with Crippen molar-refractivity contribution < 1.29 is 93.6 Å². The molecule has 0 spiro atoms. The lowest BCUT2D eigenvalue weighted by Gasteiger charge is -2.26. The lowest BCUT2D eigenvalue weighted by molar-refractivity contribution is -0.193. The number of hydrogen-bond donors (Lipinski definition) is 8. The largest absolute Gasteiger partial charge is 0.490 e. The number of carbonyl (C=O) groups is 2. The molecule has 0 radical (unpaired) electrons. The molecule has 0 bridgehead atoms. The number of carboxylic acids is 2. The number of aliphatic hydroxyl groups excluding tert-OH is 4. The minimum absolute atomic E-state index is 0.0364. The molecule has 0 aliphatic heterocycles. The van der Waals surface area contributed by atoms with Gasteiger partial charge in [0.05, 0.1) is 58.7 Å². The third kappa shape index (κ3) is 17.4. The molecule has 8 N–H and O–H groups in total. The normalized spacial score (nSPS) is 12.0. The van der Waals surface area contributed by atoms with E-state index < -0.39 is 48.2 Å². The van der Waals surface area contributed by atoms with Crippen LogP contribution >= 0.6 is 23.2 Å². The Kier molecular flexibility index (Phi) is 21.9. The fraction of sp³-hybridized carbons (Fsp3) is 0.381. The summed E-state index contributed by atoms with van der Waals surface area (Å²) in [4.78, 5) is 17.8. The van der Waals surface area contributed by atoms with Crippen molar-refractivity contribution in [1.82, 2.24) is 10.6 Å². The van der Waals surface area contributed by atoms with E-state index in [0.717, 1.165) is 0 Å². The van der Waals surface area contributed by atoms with Gasteiger partial charge in [-0.2, -0.15) is 26.3 Å². The molecule has 0 aliphatic carbocycles. The molecule has 4 aromatic carbocycles. The van der Waals surface area contributed by atoms with Crippen LogP contribution in [0.1, 0.15) is 60.1 Å². The van der Waals surface area contributed by atoms with E-state index in [9.17, 15) is 64.3 Å². The second-order valence-electron chi connectivity index (χ2n) is 14.5. The summed E-state index contributed by atoms with van der Waals surface area (Å²) in [7, 11) is 0. The van der Waals surface area contributed by atoms with Crippen molar-refractivity contribution in [3.05, 3.63) is 116 Å². The second kappa shape index (κ2) is 25.3. The van der Waals surface area contributed by atoms with Crippen LogP contribution < -0.4 is 20.1 Å². The SMILES string of the molecule is CC(CO)(CO)NCc1ccc(OCc2cccc(-c3cccc(COc4ccc(CNC(C)(CO)CO)cc4C(F)F)c3Cl)c2Cl)c(C(F)F)c1.O=C(O)C(F)(F)F.O=C(O)C(F)(F)F. The highest BCUT2D eigenvalue weighted by Crippen LogP contribution is 2.39. The Balaban J connectivity index is 0.000000923. The lowest BCUT2D eigenvalue weighted by Crippen LogP contribution is -2.48. The van der Waals surface area contributed by atoms with Gasteiger partial charge in [-0.05, 0) is 49.2 Å². The van der Waals surface area contributed by atoms with Gasteiger partial charge in [0.2, 0.25) is 0 Å². The predicted octanol–water partition coefficient (Wildman–Crippen LogP) is 8.63. The molecule has 4 aromatic rings. The number of nitrogens with one attached hydrogen (secondary N) is 2. The van der Waals surface area contributed by atoms with E-state index >= 15 is 0 Å². The third-order valence-corrected chi connectivity index (χ3v) is 10.0. The highest BCUT2D eigenvalue weighted by Gasteiger charge is 2.39. The first-order chi connectivity index (χ1) is 30.6. The van der Waals surface area contributed by atoms with Crippen molar-refractivity contribution in [3.8, 4) is 22.6 Å². The van der Waals surface area contributed by atoms with E-state index in [1.54, 1.807) is 62.4 Å². The molecule has 66 heavy (non-hydrogen) atoms. The van der Waals surface area contributed by atoms with Crippen LogP contribution in [0.25, 0.3) is 11.1 Å². The number of carboxylic acid groups (broad SMARTS) is 2. The van der Waals surface area contributed by atoms with Crippen LogP contribution in [0.2, 0.25) is 10.0 Å². The molecule has 0 aromatic heterocycles. The maximum absolute atomic E-state index is 14.0. The Morgan fingerprint density at radius 3 is 1.14 bits per heavy atom. The highest BCUT2D eigenvalue weighted by molar-refractivity contribution is 6.37. The summed E-state index contributed by atoms with van der Waals surface area (Å²) in [5.74, 6) is -5.59. The fourth-order valence-electron chi connectivity index (χ4n) is 5.08. The molecule has 4 rings (SSSR count). The summed E-state index contributed by atoms with van der Waals surface area (Å²) >= 11 is 13.6. The third-order valence-electron chi connectivity index (χ3n) is 9.15. The summed E-state index contributed by atoms with van der Waals surface area (Å²) in [6.45, 7) is 1.83. The summed E-state index contributed by atoms with van der Waals surface area (Å²) in [5, 5.41) is 58.7. The zero-order valence-electron chi connectivity index (χ0n) is 34.6. The zero-order valence-corrected chi connectivity index (χ0v) is 36.1. The van der Waals surface area contributed by atoms with E-state index in [1.165, 1.54) is 24.3 Å². The first-order valence-corrected chi connectivity index (χ1v) is 19.6. The Morgan fingerprint density at radius 1 is 0.576 bits per heavy atom. The molecule has 0 heterocycles. The van der Waals surface area contributed by atoms with Crippen molar-refractivity contribution in [1.29, 1.82) is 0 Å². The molecule has 0 unspecified atom stereocenters. The average Bonchev–Trinajstić information content (AvgIpc) is 3.26. The quantitative estimate of drug-likeness (QED) is 0.0417. The molecule has 0 saturated heterocycles. The molecule has 0 saturated carbocycles. The first-order valence-electron chi connectivity index (χ1n) is 18.8. The summed E-state index contributed by atoms with van der Waals surface area (Å²) in [6, 6.07) is 19.0. The van der Waals surface area contributed by atoms with Gasteiger partial charge in [0.1, 0.15) is 24.7 Å².